The zero-order valence-electron chi connectivity index (χ0n) is 16.4. The largest absolute Gasteiger partial charge is 0.364 e. The summed E-state index contributed by atoms with van der Waals surface area (Å²) in [7, 11) is 1.86. The van der Waals surface area contributed by atoms with E-state index in [-0.39, 0.29) is 0 Å². The number of nitrogens with zero attached hydrogens (tertiary/aromatic N) is 5. The average molecular weight is 380 g/mol. The maximum atomic E-state index is 4.92. The molecule has 1 aromatic carbocycles. The quantitative estimate of drug-likeness (QED) is 0.486. The summed E-state index contributed by atoms with van der Waals surface area (Å²) >= 11 is 0. The van der Waals surface area contributed by atoms with Gasteiger partial charge >= 0.3 is 0 Å². The van der Waals surface area contributed by atoms with Gasteiger partial charge in [-0.3, -0.25) is 9.89 Å². The fourth-order valence-electron chi connectivity index (χ4n) is 3.73. The lowest BCUT2D eigenvalue weighted by Crippen LogP contribution is -2.52. The Labute approximate surface area is 166 Å². The molecule has 4 rings (SSSR count). The van der Waals surface area contributed by atoms with E-state index in [2.05, 4.69) is 66.6 Å². The second-order valence-electron chi connectivity index (χ2n) is 7.20. The Morgan fingerprint density at radius 1 is 1.14 bits per heavy atom. The number of hydrogen-bond acceptors (Lipinski definition) is 5. The van der Waals surface area contributed by atoms with Gasteiger partial charge in [-0.25, -0.2) is 0 Å². The van der Waals surface area contributed by atoms with Crippen LogP contribution < -0.4 is 10.2 Å². The standard InChI is InChI=1S/C21H28N6O/c1-22-21(27-12-10-25(11-13-27)17-19-7-14-28-24-19)23-16-18-5-4-6-20(15-18)26-8-2-3-9-26/h2-7,14-15H,8-13,16-17H2,1H3,(H,22,23). The lowest BCUT2D eigenvalue weighted by Gasteiger charge is -2.36. The van der Waals surface area contributed by atoms with Crippen molar-refractivity contribution in [3.8, 4) is 0 Å². The van der Waals surface area contributed by atoms with Gasteiger partial charge in [0.25, 0.3) is 0 Å². The van der Waals surface area contributed by atoms with E-state index in [1.807, 2.05) is 13.1 Å². The van der Waals surface area contributed by atoms with Crippen molar-refractivity contribution in [3.05, 3.63) is 60.0 Å². The van der Waals surface area contributed by atoms with E-state index in [9.17, 15) is 0 Å². The number of hydrogen-bond donors (Lipinski definition) is 1. The van der Waals surface area contributed by atoms with Crippen LogP contribution in [0.4, 0.5) is 5.69 Å². The molecule has 0 atom stereocenters. The van der Waals surface area contributed by atoms with Crippen molar-refractivity contribution in [3.63, 3.8) is 0 Å². The molecule has 3 heterocycles. The van der Waals surface area contributed by atoms with Crippen LogP contribution in [0.25, 0.3) is 0 Å². The highest BCUT2D eigenvalue weighted by atomic mass is 16.5. The molecule has 0 saturated carbocycles. The maximum Gasteiger partial charge on any atom is 0.194 e. The van der Waals surface area contributed by atoms with E-state index < -0.39 is 0 Å². The van der Waals surface area contributed by atoms with Gasteiger partial charge in [-0.15, -0.1) is 0 Å². The van der Waals surface area contributed by atoms with Crippen molar-refractivity contribution in [1.82, 2.24) is 20.3 Å². The molecule has 2 aromatic rings. The van der Waals surface area contributed by atoms with E-state index in [0.717, 1.165) is 64.0 Å². The molecule has 1 aromatic heterocycles. The van der Waals surface area contributed by atoms with Crippen molar-refractivity contribution in [1.29, 1.82) is 0 Å². The average Bonchev–Trinajstić information content (AvgIpc) is 3.44. The highest BCUT2D eigenvalue weighted by Gasteiger charge is 2.20. The van der Waals surface area contributed by atoms with Crippen LogP contribution in [0.3, 0.4) is 0 Å². The van der Waals surface area contributed by atoms with Crippen LogP contribution in [0.1, 0.15) is 11.3 Å². The van der Waals surface area contributed by atoms with Gasteiger partial charge in [0.15, 0.2) is 5.96 Å². The van der Waals surface area contributed by atoms with Gasteiger partial charge in [-0.1, -0.05) is 29.4 Å². The summed E-state index contributed by atoms with van der Waals surface area (Å²) in [5.41, 5.74) is 3.54. The molecule has 0 amide bonds. The molecule has 148 valence electrons. The molecule has 2 aliphatic rings. The third-order valence-corrected chi connectivity index (χ3v) is 5.31. The third kappa shape index (κ3) is 4.54. The molecular weight excluding hydrogens is 352 g/mol. The number of aliphatic imine (C=N–C) groups is 1. The highest BCUT2D eigenvalue weighted by Crippen LogP contribution is 2.18. The van der Waals surface area contributed by atoms with Gasteiger partial charge in [-0.05, 0) is 17.7 Å². The first-order valence-electron chi connectivity index (χ1n) is 9.88. The zero-order chi connectivity index (χ0) is 19.2. The van der Waals surface area contributed by atoms with Gasteiger partial charge in [0, 0.05) is 71.2 Å². The van der Waals surface area contributed by atoms with Crippen LogP contribution in [0.5, 0.6) is 0 Å². The summed E-state index contributed by atoms with van der Waals surface area (Å²) in [6.45, 7) is 7.51. The van der Waals surface area contributed by atoms with Gasteiger partial charge < -0.3 is 19.6 Å². The van der Waals surface area contributed by atoms with Crippen LogP contribution in [0, 0.1) is 0 Å². The number of rotatable bonds is 5. The number of benzene rings is 1. The molecule has 1 fully saturated rings. The van der Waals surface area contributed by atoms with Crippen molar-refractivity contribution in [2.45, 2.75) is 13.1 Å². The minimum absolute atomic E-state index is 0.779. The first kappa shape index (κ1) is 18.6. The lowest BCUT2D eigenvalue weighted by molar-refractivity contribution is 0.169. The number of nitrogens with one attached hydrogen (secondary N) is 1. The van der Waals surface area contributed by atoms with Crippen molar-refractivity contribution in [2.24, 2.45) is 4.99 Å². The van der Waals surface area contributed by atoms with Gasteiger partial charge in [0.1, 0.15) is 6.26 Å². The lowest BCUT2D eigenvalue weighted by atomic mass is 10.2. The van der Waals surface area contributed by atoms with E-state index in [1.54, 1.807) is 6.26 Å². The van der Waals surface area contributed by atoms with Gasteiger partial charge in [0.2, 0.25) is 0 Å². The SMILES string of the molecule is CN=C(NCc1cccc(N2CC=CC2)c1)N1CCN(Cc2ccon2)CC1. The first-order valence-corrected chi connectivity index (χ1v) is 9.88. The van der Waals surface area contributed by atoms with Crippen molar-refractivity contribution < 1.29 is 4.52 Å². The molecule has 0 unspecified atom stereocenters. The number of guanidine groups is 1. The summed E-state index contributed by atoms with van der Waals surface area (Å²) in [4.78, 5) is 11.6. The van der Waals surface area contributed by atoms with Crippen molar-refractivity contribution >= 4 is 11.6 Å². The molecule has 0 radical (unpaired) electrons. The minimum atomic E-state index is 0.779. The van der Waals surface area contributed by atoms with E-state index >= 15 is 0 Å². The van der Waals surface area contributed by atoms with Crippen LogP contribution in [0.2, 0.25) is 0 Å². The summed E-state index contributed by atoms with van der Waals surface area (Å²) in [6, 6.07) is 10.7. The summed E-state index contributed by atoms with van der Waals surface area (Å²) in [5, 5.41) is 7.54. The second-order valence-corrected chi connectivity index (χ2v) is 7.20. The van der Waals surface area contributed by atoms with Gasteiger partial charge in [0.05, 0.1) is 5.69 Å². The number of piperazine rings is 1. The normalized spacial score (nSPS) is 18.1. The smallest absolute Gasteiger partial charge is 0.194 e. The van der Waals surface area contributed by atoms with Crippen LogP contribution >= 0.6 is 0 Å². The predicted molar refractivity (Wildman–Crippen MR) is 111 cm³/mol. The molecular formula is C21H28N6O. The Kier molecular flexibility index (Phi) is 5.92. The fourth-order valence-corrected chi connectivity index (χ4v) is 3.73. The molecule has 0 bridgehead atoms. The van der Waals surface area contributed by atoms with E-state index in [4.69, 9.17) is 4.52 Å². The van der Waals surface area contributed by atoms with Crippen LogP contribution in [0.15, 0.2) is 58.3 Å². The monoisotopic (exact) mass is 380 g/mol. The fraction of sp³-hybridized carbons (Fsp3) is 0.429. The van der Waals surface area contributed by atoms with Crippen LogP contribution in [-0.4, -0.2) is 67.2 Å². The molecule has 0 aliphatic carbocycles. The molecule has 0 spiro atoms. The molecule has 1 saturated heterocycles. The molecule has 7 nitrogen and oxygen atoms in total. The molecule has 2 aliphatic heterocycles. The summed E-state index contributed by atoms with van der Waals surface area (Å²) in [6.07, 6.45) is 6.07. The van der Waals surface area contributed by atoms with Gasteiger partial charge in [-0.2, -0.15) is 0 Å². The zero-order valence-corrected chi connectivity index (χ0v) is 16.4. The van der Waals surface area contributed by atoms with E-state index in [1.165, 1.54) is 11.3 Å². The Morgan fingerprint density at radius 3 is 2.68 bits per heavy atom. The molecule has 28 heavy (non-hydrogen) atoms. The summed E-state index contributed by atoms with van der Waals surface area (Å²) in [5.74, 6) is 0.967. The Morgan fingerprint density at radius 2 is 1.96 bits per heavy atom. The maximum absolute atomic E-state index is 4.92. The first-order chi connectivity index (χ1) is 13.8. The highest BCUT2D eigenvalue weighted by molar-refractivity contribution is 5.80. The Bertz CT molecular complexity index is 800. The second kappa shape index (κ2) is 8.93. The third-order valence-electron chi connectivity index (χ3n) is 5.31. The Hall–Kier alpha value is -2.80. The summed E-state index contributed by atoms with van der Waals surface area (Å²) < 4.78 is 4.92. The topological polar surface area (TPSA) is 60.1 Å². The minimum Gasteiger partial charge on any atom is -0.364 e. The molecule has 1 N–H and O–H groups in total. The predicted octanol–water partition coefficient (Wildman–Crippen LogP) is 1.94. The number of anilines is 1. The van der Waals surface area contributed by atoms with Crippen molar-refractivity contribution in [2.75, 3.05) is 51.2 Å². The molecule has 7 heteroatoms. The Balaban J connectivity index is 1.28. The number of aromatic nitrogens is 1. The van der Waals surface area contributed by atoms with Crippen LogP contribution in [-0.2, 0) is 13.1 Å². The van der Waals surface area contributed by atoms with E-state index in [0.29, 0.717) is 0 Å².